The Kier molecular flexibility index (Phi) is 5.30. The van der Waals surface area contributed by atoms with E-state index in [0.717, 1.165) is 0 Å². The lowest BCUT2D eigenvalue weighted by molar-refractivity contribution is -0.159. The van der Waals surface area contributed by atoms with Crippen LogP contribution in [0.15, 0.2) is 24.3 Å². The third kappa shape index (κ3) is 4.53. The van der Waals surface area contributed by atoms with Crippen LogP contribution >= 0.6 is 0 Å². The average Bonchev–Trinajstić information content (AvgIpc) is 2.35. The predicted molar refractivity (Wildman–Crippen MR) is 62.2 cm³/mol. The molecule has 0 aliphatic carbocycles. The molecule has 1 atom stereocenters. The molecule has 0 amide bonds. The normalized spacial score (nSPS) is 11.7. The molecule has 1 aromatic rings. The van der Waals surface area contributed by atoms with Crippen molar-refractivity contribution in [1.82, 2.24) is 0 Å². The molecule has 1 aromatic carbocycles. The minimum absolute atomic E-state index is 0.345. The number of rotatable bonds is 5. The lowest BCUT2D eigenvalue weighted by Crippen LogP contribution is -2.21. The van der Waals surface area contributed by atoms with Crippen LogP contribution in [-0.2, 0) is 25.5 Å². The van der Waals surface area contributed by atoms with E-state index in [1.165, 1.54) is 19.2 Å². The average molecular weight is 254 g/mol. The van der Waals surface area contributed by atoms with Crippen molar-refractivity contribution in [3.05, 3.63) is 35.6 Å². The Labute approximate surface area is 105 Å². The van der Waals surface area contributed by atoms with Gasteiger partial charge in [-0.25, -0.2) is 9.18 Å². The molecule has 5 heteroatoms. The molecule has 0 bridgehead atoms. The molecule has 1 unspecified atom stereocenters. The minimum Gasteiger partial charge on any atom is -0.466 e. The van der Waals surface area contributed by atoms with Gasteiger partial charge in [0.05, 0.1) is 13.0 Å². The largest absolute Gasteiger partial charge is 0.466 e. The topological polar surface area (TPSA) is 52.6 Å². The zero-order valence-electron chi connectivity index (χ0n) is 10.3. The first-order valence-electron chi connectivity index (χ1n) is 5.51. The fourth-order valence-electron chi connectivity index (χ4n) is 1.43. The van der Waals surface area contributed by atoms with Crippen molar-refractivity contribution >= 4 is 11.9 Å². The van der Waals surface area contributed by atoms with E-state index in [2.05, 4.69) is 4.74 Å². The van der Waals surface area contributed by atoms with E-state index in [4.69, 9.17) is 4.74 Å². The fraction of sp³-hybridized carbons (Fsp3) is 0.385. The first-order chi connectivity index (χ1) is 8.52. The van der Waals surface area contributed by atoms with Crippen molar-refractivity contribution in [2.45, 2.75) is 13.3 Å². The molecule has 0 fully saturated rings. The minimum atomic E-state index is -0.610. The summed E-state index contributed by atoms with van der Waals surface area (Å²) >= 11 is 0. The van der Waals surface area contributed by atoms with Crippen LogP contribution < -0.4 is 0 Å². The van der Waals surface area contributed by atoms with Crippen LogP contribution in [0.4, 0.5) is 4.39 Å². The van der Waals surface area contributed by atoms with Gasteiger partial charge in [-0.3, -0.25) is 4.79 Å². The molecular formula is C13H15FO4. The lowest BCUT2D eigenvalue weighted by atomic mass is 10.0. The number of benzene rings is 1. The highest BCUT2D eigenvalue weighted by atomic mass is 19.1. The van der Waals surface area contributed by atoms with Crippen LogP contribution in [0.25, 0.3) is 0 Å². The van der Waals surface area contributed by atoms with E-state index in [-0.39, 0.29) is 5.82 Å². The van der Waals surface area contributed by atoms with E-state index in [9.17, 15) is 14.0 Å². The zero-order valence-corrected chi connectivity index (χ0v) is 10.3. The third-order valence-corrected chi connectivity index (χ3v) is 2.39. The summed E-state index contributed by atoms with van der Waals surface area (Å²) in [5.74, 6) is -1.91. The Balaban J connectivity index is 2.47. The summed E-state index contributed by atoms with van der Waals surface area (Å²) < 4.78 is 22.0. The Hall–Kier alpha value is -1.91. The van der Waals surface area contributed by atoms with E-state index in [0.29, 0.717) is 12.0 Å². The van der Waals surface area contributed by atoms with Gasteiger partial charge >= 0.3 is 11.9 Å². The molecule has 1 rings (SSSR count). The van der Waals surface area contributed by atoms with Gasteiger partial charge in [0.1, 0.15) is 5.82 Å². The SMILES string of the molecule is COC(=O)COC(=O)C(C)Cc1cccc(F)c1. The molecule has 18 heavy (non-hydrogen) atoms. The maximum Gasteiger partial charge on any atom is 0.344 e. The summed E-state index contributed by atoms with van der Waals surface area (Å²) in [4.78, 5) is 22.3. The first-order valence-corrected chi connectivity index (χ1v) is 5.51. The van der Waals surface area contributed by atoms with Gasteiger partial charge in [-0.15, -0.1) is 0 Å². The Morgan fingerprint density at radius 2 is 2.11 bits per heavy atom. The molecule has 0 N–H and O–H groups in total. The van der Waals surface area contributed by atoms with E-state index >= 15 is 0 Å². The Morgan fingerprint density at radius 3 is 2.72 bits per heavy atom. The Bertz CT molecular complexity index is 431. The van der Waals surface area contributed by atoms with E-state index in [1.807, 2.05) is 0 Å². The van der Waals surface area contributed by atoms with Crippen molar-refractivity contribution in [3.63, 3.8) is 0 Å². The number of carbonyl (C=O) groups excluding carboxylic acids is 2. The molecule has 0 radical (unpaired) electrons. The monoisotopic (exact) mass is 254 g/mol. The van der Waals surface area contributed by atoms with Gasteiger partial charge in [0.2, 0.25) is 0 Å². The molecule has 0 aromatic heterocycles. The van der Waals surface area contributed by atoms with E-state index in [1.54, 1.807) is 19.1 Å². The molecule has 4 nitrogen and oxygen atoms in total. The second kappa shape index (κ2) is 6.74. The van der Waals surface area contributed by atoms with Gasteiger partial charge in [-0.05, 0) is 24.1 Å². The number of hydrogen-bond donors (Lipinski definition) is 0. The highest BCUT2D eigenvalue weighted by Crippen LogP contribution is 2.11. The second-order valence-electron chi connectivity index (χ2n) is 3.92. The first kappa shape index (κ1) is 14.2. The van der Waals surface area contributed by atoms with Crippen LogP contribution in [0.2, 0.25) is 0 Å². The predicted octanol–water partition coefficient (Wildman–Crippen LogP) is 1.72. The summed E-state index contributed by atoms with van der Waals surface area (Å²) in [6.45, 7) is 1.26. The van der Waals surface area contributed by atoms with Crippen LogP contribution in [0.1, 0.15) is 12.5 Å². The molecule has 0 saturated heterocycles. The molecule has 0 aliphatic rings. The molecule has 0 heterocycles. The highest BCUT2D eigenvalue weighted by molar-refractivity contribution is 5.77. The number of carbonyl (C=O) groups is 2. The molecular weight excluding hydrogens is 239 g/mol. The summed E-state index contributed by atoms with van der Waals surface area (Å²) in [6, 6.07) is 6.01. The fourth-order valence-corrected chi connectivity index (χ4v) is 1.43. The van der Waals surface area contributed by atoms with Gasteiger partial charge in [-0.1, -0.05) is 19.1 Å². The van der Waals surface area contributed by atoms with Crippen molar-refractivity contribution in [2.75, 3.05) is 13.7 Å². The van der Waals surface area contributed by atoms with Crippen LogP contribution in [0.3, 0.4) is 0 Å². The van der Waals surface area contributed by atoms with Crippen molar-refractivity contribution in [3.8, 4) is 0 Å². The quantitative estimate of drug-likeness (QED) is 0.751. The number of ether oxygens (including phenoxy) is 2. The maximum absolute atomic E-state index is 12.9. The number of halogens is 1. The van der Waals surface area contributed by atoms with Crippen molar-refractivity contribution in [1.29, 1.82) is 0 Å². The molecule has 0 aliphatic heterocycles. The third-order valence-electron chi connectivity index (χ3n) is 2.39. The molecule has 98 valence electrons. The Morgan fingerprint density at radius 1 is 1.39 bits per heavy atom. The molecule has 0 saturated carbocycles. The summed E-state index contributed by atoms with van der Waals surface area (Å²) in [5.41, 5.74) is 0.706. The second-order valence-corrected chi connectivity index (χ2v) is 3.92. The zero-order chi connectivity index (χ0) is 13.5. The van der Waals surface area contributed by atoms with Gasteiger partial charge in [-0.2, -0.15) is 0 Å². The smallest absolute Gasteiger partial charge is 0.344 e. The summed E-state index contributed by atoms with van der Waals surface area (Å²) in [6.07, 6.45) is 0.359. The summed E-state index contributed by atoms with van der Waals surface area (Å²) in [5, 5.41) is 0. The van der Waals surface area contributed by atoms with Crippen molar-refractivity contribution < 1.29 is 23.5 Å². The maximum atomic E-state index is 12.9. The van der Waals surface area contributed by atoms with Gasteiger partial charge in [0.25, 0.3) is 0 Å². The number of hydrogen-bond acceptors (Lipinski definition) is 4. The standard InChI is InChI=1S/C13H15FO4/c1-9(13(16)18-8-12(15)17-2)6-10-4-3-5-11(14)7-10/h3-5,7,9H,6,8H2,1-2H3. The van der Waals surface area contributed by atoms with Crippen LogP contribution in [0.5, 0.6) is 0 Å². The van der Waals surface area contributed by atoms with Gasteiger partial charge in [0, 0.05) is 0 Å². The summed E-state index contributed by atoms with van der Waals surface area (Å²) in [7, 11) is 1.21. The van der Waals surface area contributed by atoms with E-state index < -0.39 is 24.5 Å². The number of esters is 2. The van der Waals surface area contributed by atoms with Gasteiger partial charge < -0.3 is 9.47 Å². The van der Waals surface area contributed by atoms with Crippen LogP contribution in [-0.4, -0.2) is 25.7 Å². The van der Waals surface area contributed by atoms with Gasteiger partial charge in [0.15, 0.2) is 6.61 Å². The van der Waals surface area contributed by atoms with Crippen molar-refractivity contribution in [2.24, 2.45) is 5.92 Å². The molecule has 0 spiro atoms. The lowest BCUT2D eigenvalue weighted by Gasteiger charge is -2.10. The highest BCUT2D eigenvalue weighted by Gasteiger charge is 2.16. The van der Waals surface area contributed by atoms with Crippen LogP contribution in [0, 0.1) is 11.7 Å². The number of methoxy groups -OCH3 is 1.